The highest BCUT2D eigenvalue weighted by molar-refractivity contribution is 5.95. The van der Waals surface area contributed by atoms with E-state index in [0.717, 1.165) is 73.7 Å². The van der Waals surface area contributed by atoms with Gasteiger partial charge in [-0.25, -0.2) is 0 Å². The van der Waals surface area contributed by atoms with Crippen LogP contribution in [0, 0.1) is 13.8 Å². The van der Waals surface area contributed by atoms with Crippen molar-refractivity contribution < 1.29 is 9.53 Å². The SMILES string of the molecule is Cc1cc(C(=O)N2CCC(N3CCNCC3)C2)cc(C)c1OCc1cccnc1. The highest BCUT2D eigenvalue weighted by atomic mass is 16.5. The summed E-state index contributed by atoms with van der Waals surface area (Å²) < 4.78 is 6.03. The van der Waals surface area contributed by atoms with E-state index in [1.807, 2.05) is 49.2 Å². The third-order valence-electron chi connectivity index (χ3n) is 5.93. The molecule has 1 atom stereocenters. The van der Waals surface area contributed by atoms with Gasteiger partial charge in [-0.1, -0.05) is 6.07 Å². The van der Waals surface area contributed by atoms with Gasteiger partial charge in [0.2, 0.25) is 0 Å². The number of aromatic nitrogens is 1. The minimum Gasteiger partial charge on any atom is -0.488 e. The first-order chi connectivity index (χ1) is 14.1. The summed E-state index contributed by atoms with van der Waals surface area (Å²) in [5.74, 6) is 0.984. The highest BCUT2D eigenvalue weighted by Crippen LogP contribution is 2.27. The summed E-state index contributed by atoms with van der Waals surface area (Å²) in [5, 5.41) is 3.40. The average molecular weight is 395 g/mol. The number of ether oxygens (including phenoxy) is 1. The molecule has 29 heavy (non-hydrogen) atoms. The van der Waals surface area contributed by atoms with Gasteiger partial charge in [-0.15, -0.1) is 0 Å². The quantitative estimate of drug-likeness (QED) is 0.844. The predicted molar refractivity (Wildman–Crippen MR) is 113 cm³/mol. The molecule has 0 spiro atoms. The van der Waals surface area contributed by atoms with Crippen molar-refractivity contribution in [3.05, 3.63) is 58.9 Å². The van der Waals surface area contributed by atoms with Gasteiger partial charge < -0.3 is 15.0 Å². The molecule has 0 aliphatic carbocycles. The molecule has 0 saturated carbocycles. The molecule has 0 radical (unpaired) electrons. The van der Waals surface area contributed by atoms with Gasteiger partial charge in [0.15, 0.2) is 0 Å². The van der Waals surface area contributed by atoms with E-state index in [0.29, 0.717) is 12.6 Å². The van der Waals surface area contributed by atoms with E-state index in [4.69, 9.17) is 4.74 Å². The highest BCUT2D eigenvalue weighted by Gasteiger charge is 2.31. The number of carbonyl (C=O) groups excluding carboxylic acids is 1. The summed E-state index contributed by atoms with van der Waals surface area (Å²) in [6.07, 6.45) is 4.63. The Labute approximate surface area is 172 Å². The van der Waals surface area contributed by atoms with Crippen LogP contribution in [0.3, 0.4) is 0 Å². The van der Waals surface area contributed by atoms with Crippen LogP contribution in [0.5, 0.6) is 5.75 Å². The van der Waals surface area contributed by atoms with Gasteiger partial charge >= 0.3 is 0 Å². The number of hydrogen-bond donors (Lipinski definition) is 1. The number of pyridine rings is 1. The standard InChI is InChI=1S/C23H30N4O2/c1-17-12-20(13-18(2)22(17)29-16-19-4-3-6-25-14-19)23(28)27-9-5-21(15-27)26-10-7-24-8-11-26/h3-4,6,12-14,21,24H,5,7-11,15-16H2,1-2H3. The number of likely N-dealkylation sites (tertiary alicyclic amines) is 1. The van der Waals surface area contributed by atoms with Crippen molar-refractivity contribution >= 4 is 5.91 Å². The van der Waals surface area contributed by atoms with Crippen LogP contribution < -0.4 is 10.1 Å². The zero-order chi connectivity index (χ0) is 20.2. The molecule has 0 bridgehead atoms. The number of carbonyl (C=O) groups is 1. The molecule has 1 aromatic carbocycles. The van der Waals surface area contributed by atoms with Crippen LogP contribution in [0.25, 0.3) is 0 Å². The first kappa shape index (κ1) is 19.9. The van der Waals surface area contributed by atoms with Crippen LogP contribution in [0.4, 0.5) is 0 Å². The number of amides is 1. The fraction of sp³-hybridized carbons (Fsp3) is 0.478. The van der Waals surface area contributed by atoms with Crippen LogP contribution in [0.2, 0.25) is 0 Å². The number of rotatable bonds is 5. The molecule has 1 unspecified atom stereocenters. The Balaban J connectivity index is 1.41. The lowest BCUT2D eigenvalue weighted by atomic mass is 10.0. The van der Waals surface area contributed by atoms with E-state index in [1.54, 1.807) is 6.20 Å². The fourth-order valence-corrected chi connectivity index (χ4v) is 4.39. The summed E-state index contributed by atoms with van der Waals surface area (Å²) in [7, 11) is 0. The van der Waals surface area contributed by atoms with E-state index in [1.165, 1.54) is 0 Å². The van der Waals surface area contributed by atoms with Crippen molar-refractivity contribution in [2.45, 2.75) is 32.9 Å². The van der Waals surface area contributed by atoms with Gasteiger partial charge in [0, 0.05) is 68.8 Å². The smallest absolute Gasteiger partial charge is 0.253 e. The molecular formula is C23H30N4O2. The lowest BCUT2D eigenvalue weighted by Crippen LogP contribution is -2.49. The van der Waals surface area contributed by atoms with E-state index in [-0.39, 0.29) is 5.91 Å². The third kappa shape index (κ3) is 4.60. The number of benzene rings is 1. The Morgan fingerprint density at radius 1 is 1.21 bits per heavy atom. The molecule has 2 aliphatic heterocycles. The minimum atomic E-state index is 0.132. The second-order valence-corrected chi connectivity index (χ2v) is 8.07. The maximum atomic E-state index is 13.1. The normalized spacial score (nSPS) is 20.1. The monoisotopic (exact) mass is 394 g/mol. The van der Waals surface area contributed by atoms with E-state index in [9.17, 15) is 4.79 Å². The molecule has 2 saturated heterocycles. The van der Waals surface area contributed by atoms with Gasteiger partial charge in [0.05, 0.1) is 0 Å². The molecule has 1 amide bonds. The summed E-state index contributed by atoms with van der Waals surface area (Å²) in [4.78, 5) is 21.8. The fourth-order valence-electron chi connectivity index (χ4n) is 4.39. The Kier molecular flexibility index (Phi) is 6.11. The largest absolute Gasteiger partial charge is 0.488 e. The van der Waals surface area contributed by atoms with E-state index < -0.39 is 0 Å². The Hall–Kier alpha value is -2.44. The van der Waals surface area contributed by atoms with Crippen molar-refractivity contribution in [2.75, 3.05) is 39.3 Å². The maximum Gasteiger partial charge on any atom is 0.253 e. The van der Waals surface area contributed by atoms with Crippen molar-refractivity contribution in [1.82, 2.24) is 20.1 Å². The molecule has 2 aromatic rings. The summed E-state index contributed by atoms with van der Waals surface area (Å²) in [6.45, 7) is 10.4. The van der Waals surface area contributed by atoms with Crippen LogP contribution in [0.15, 0.2) is 36.7 Å². The number of aryl methyl sites for hydroxylation is 2. The second kappa shape index (κ2) is 8.93. The Morgan fingerprint density at radius 2 is 1.97 bits per heavy atom. The van der Waals surface area contributed by atoms with Gasteiger partial charge in [-0.2, -0.15) is 0 Å². The van der Waals surface area contributed by atoms with Gasteiger partial charge in [-0.3, -0.25) is 14.7 Å². The van der Waals surface area contributed by atoms with Crippen molar-refractivity contribution in [3.63, 3.8) is 0 Å². The van der Waals surface area contributed by atoms with Crippen LogP contribution in [-0.2, 0) is 6.61 Å². The predicted octanol–water partition coefficient (Wildman–Crippen LogP) is 2.40. The molecular weight excluding hydrogens is 364 g/mol. The van der Waals surface area contributed by atoms with Gasteiger partial charge in [0.25, 0.3) is 5.91 Å². The Bertz CT molecular complexity index is 826. The van der Waals surface area contributed by atoms with Crippen molar-refractivity contribution in [3.8, 4) is 5.75 Å². The molecule has 4 rings (SSSR count). The van der Waals surface area contributed by atoms with E-state index >= 15 is 0 Å². The molecule has 3 heterocycles. The lowest BCUT2D eigenvalue weighted by Gasteiger charge is -2.32. The Morgan fingerprint density at radius 3 is 2.66 bits per heavy atom. The van der Waals surface area contributed by atoms with Gasteiger partial charge in [0.1, 0.15) is 12.4 Å². The van der Waals surface area contributed by atoms with Crippen molar-refractivity contribution in [1.29, 1.82) is 0 Å². The first-order valence-electron chi connectivity index (χ1n) is 10.5. The molecule has 2 aliphatic rings. The second-order valence-electron chi connectivity index (χ2n) is 8.07. The van der Waals surface area contributed by atoms with Crippen molar-refractivity contribution in [2.24, 2.45) is 0 Å². The van der Waals surface area contributed by atoms with Crippen LogP contribution >= 0.6 is 0 Å². The van der Waals surface area contributed by atoms with E-state index in [2.05, 4.69) is 15.2 Å². The average Bonchev–Trinajstić information content (AvgIpc) is 3.24. The number of nitrogens with one attached hydrogen (secondary N) is 1. The summed E-state index contributed by atoms with van der Waals surface area (Å²) in [5.41, 5.74) is 3.78. The zero-order valence-electron chi connectivity index (χ0n) is 17.4. The minimum absolute atomic E-state index is 0.132. The zero-order valence-corrected chi connectivity index (χ0v) is 17.4. The van der Waals surface area contributed by atoms with Gasteiger partial charge in [-0.05, 0) is 49.6 Å². The molecule has 1 aromatic heterocycles. The summed E-state index contributed by atoms with van der Waals surface area (Å²) >= 11 is 0. The molecule has 1 N–H and O–H groups in total. The molecule has 2 fully saturated rings. The lowest BCUT2D eigenvalue weighted by molar-refractivity contribution is 0.0773. The molecule has 6 heteroatoms. The summed E-state index contributed by atoms with van der Waals surface area (Å²) in [6, 6.07) is 8.32. The first-order valence-corrected chi connectivity index (χ1v) is 10.5. The number of nitrogens with zero attached hydrogens (tertiary/aromatic N) is 3. The van der Waals surface area contributed by atoms with Crippen LogP contribution in [-0.4, -0.2) is 66.0 Å². The number of piperazine rings is 1. The number of hydrogen-bond acceptors (Lipinski definition) is 5. The molecule has 154 valence electrons. The topological polar surface area (TPSA) is 57.7 Å². The molecule has 6 nitrogen and oxygen atoms in total. The third-order valence-corrected chi connectivity index (χ3v) is 5.93. The maximum absolute atomic E-state index is 13.1. The van der Waals surface area contributed by atoms with Crippen LogP contribution in [0.1, 0.15) is 33.5 Å².